The van der Waals surface area contributed by atoms with Gasteiger partial charge in [-0.3, -0.25) is 0 Å². The quantitative estimate of drug-likeness (QED) is 0.850. The summed E-state index contributed by atoms with van der Waals surface area (Å²) < 4.78 is 0.990. The van der Waals surface area contributed by atoms with E-state index in [0.29, 0.717) is 0 Å². The number of nitrogens with zero attached hydrogens (tertiary/aromatic N) is 5. The molecule has 1 aliphatic heterocycles. The lowest BCUT2D eigenvalue weighted by Gasteiger charge is -2.18. The molecule has 2 aromatic rings. The molecular formula is C12H12BrN5. The number of rotatable bonds is 2. The van der Waals surface area contributed by atoms with Crippen molar-refractivity contribution >= 4 is 27.4 Å². The number of hydrogen-bond acceptors (Lipinski definition) is 5. The first kappa shape index (κ1) is 11.4. The molecule has 5 nitrogen and oxygen atoms in total. The predicted octanol–water partition coefficient (Wildman–Crippen LogP) is 2.05. The molecule has 0 atom stereocenters. The molecule has 92 valence electrons. The van der Waals surface area contributed by atoms with E-state index in [9.17, 15) is 0 Å². The fourth-order valence-electron chi connectivity index (χ4n) is 2.09. The molecule has 0 N–H and O–H groups in total. The molecule has 0 unspecified atom stereocenters. The zero-order valence-corrected chi connectivity index (χ0v) is 11.5. The second kappa shape index (κ2) is 4.53. The average Bonchev–Trinajstić information content (AvgIpc) is 2.67. The van der Waals surface area contributed by atoms with Crippen molar-refractivity contribution in [2.75, 3.05) is 23.5 Å². The van der Waals surface area contributed by atoms with Gasteiger partial charge in [0.1, 0.15) is 6.33 Å². The Bertz CT molecular complexity index is 560. The topological polar surface area (TPSA) is 45.2 Å². The second-order valence-electron chi connectivity index (χ2n) is 4.23. The summed E-state index contributed by atoms with van der Waals surface area (Å²) in [6, 6.07) is 4.02. The standard InChI is InChI=1S/C12H12BrN5/c1-17-8-18(6-10-2-3-14-7-16-10)11-4-9(13)5-15-12(11)17/h2-5,7H,6,8H2,1H3. The molecule has 1 aliphatic rings. The van der Waals surface area contributed by atoms with Gasteiger partial charge < -0.3 is 9.80 Å². The van der Waals surface area contributed by atoms with Gasteiger partial charge in [-0.25, -0.2) is 15.0 Å². The van der Waals surface area contributed by atoms with Crippen molar-refractivity contribution in [1.82, 2.24) is 15.0 Å². The Morgan fingerprint density at radius 3 is 3.06 bits per heavy atom. The molecule has 0 radical (unpaired) electrons. The van der Waals surface area contributed by atoms with Gasteiger partial charge in [-0.15, -0.1) is 0 Å². The van der Waals surface area contributed by atoms with Crippen molar-refractivity contribution in [3.63, 3.8) is 0 Å². The SMILES string of the molecule is CN1CN(Cc2ccncn2)c2cc(Br)cnc21. The third-order valence-electron chi connectivity index (χ3n) is 2.90. The van der Waals surface area contributed by atoms with E-state index in [1.54, 1.807) is 12.5 Å². The fraction of sp³-hybridized carbons (Fsp3) is 0.250. The van der Waals surface area contributed by atoms with Crippen molar-refractivity contribution in [3.05, 3.63) is 41.0 Å². The first-order valence-electron chi connectivity index (χ1n) is 5.60. The zero-order valence-electron chi connectivity index (χ0n) is 9.91. The number of hydrogen-bond donors (Lipinski definition) is 0. The third kappa shape index (κ3) is 2.03. The molecule has 6 heteroatoms. The molecule has 0 bridgehead atoms. The minimum Gasteiger partial charge on any atom is -0.345 e. The molecule has 0 spiro atoms. The zero-order chi connectivity index (χ0) is 12.5. The first-order valence-corrected chi connectivity index (χ1v) is 6.40. The van der Waals surface area contributed by atoms with E-state index in [1.807, 2.05) is 19.3 Å². The summed E-state index contributed by atoms with van der Waals surface area (Å²) in [5.41, 5.74) is 2.14. The smallest absolute Gasteiger partial charge is 0.153 e. The van der Waals surface area contributed by atoms with Gasteiger partial charge in [0.15, 0.2) is 5.82 Å². The van der Waals surface area contributed by atoms with Crippen LogP contribution in [0.3, 0.4) is 0 Å². The minimum atomic E-state index is 0.762. The van der Waals surface area contributed by atoms with Gasteiger partial charge in [0.25, 0.3) is 0 Å². The lowest BCUT2D eigenvalue weighted by atomic mass is 10.3. The van der Waals surface area contributed by atoms with Crippen LogP contribution in [0.15, 0.2) is 35.3 Å². The van der Waals surface area contributed by atoms with E-state index in [1.165, 1.54) is 0 Å². The molecule has 3 heterocycles. The van der Waals surface area contributed by atoms with Crippen molar-refractivity contribution < 1.29 is 0 Å². The van der Waals surface area contributed by atoms with Crippen LogP contribution in [0.2, 0.25) is 0 Å². The Kier molecular flexibility index (Phi) is 2.87. The summed E-state index contributed by atoms with van der Waals surface area (Å²) in [6.45, 7) is 1.58. The van der Waals surface area contributed by atoms with Crippen LogP contribution in [0, 0.1) is 0 Å². The Morgan fingerprint density at radius 2 is 2.28 bits per heavy atom. The maximum atomic E-state index is 4.44. The van der Waals surface area contributed by atoms with Crippen molar-refractivity contribution in [3.8, 4) is 0 Å². The van der Waals surface area contributed by atoms with Gasteiger partial charge in [0.05, 0.1) is 24.6 Å². The molecule has 2 aromatic heterocycles. The highest BCUT2D eigenvalue weighted by atomic mass is 79.9. The molecule has 0 amide bonds. The summed E-state index contributed by atoms with van der Waals surface area (Å²) in [7, 11) is 2.04. The van der Waals surface area contributed by atoms with E-state index < -0.39 is 0 Å². The van der Waals surface area contributed by atoms with Gasteiger partial charge >= 0.3 is 0 Å². The lowest BCUT2D eigenvalue weighted by molar-refractivity contribution is 0.793. The third-order valence-corrected chi connectivity index (χ3v) is 3.33. The minimum absolute atomic E-state index is 0.762. The Morgan fingerprint density at radius 1 is 1.39 bits per heavy atom. The number of anilines is 2. The monoisotopic (exact) mass is 305 g/mol. The Hall–Kier alpha value is -1.69. The van der Waals surface area contributed by atoms with Gasteiger partial charge in [-0.05, 0) is 28.1 Å². The van der Waals surface area contributed by atoms with Crippen molar-refractivity contribution in [2.45, 2.75) is 6.54 Å². The van der Waals surface area contributed by atoms with Crippen LogP contribution >= 0.6 is 15.9 Å². The summed E-state index contributed by atoms with van der Waals surface area (Å²) >= 11 is 3.46. The Balaban J connectivity index is 1.90. The number of fused-ring (bicyclic) bond motifs is 1. The molecular weight excluding hydrogens is 294 g/mol. The number of aromatic nitrogens is 3. The largest absolute Gasteiger partial charge is 0.345 e. The van der Waals surface area contributed by atoms with Crippen LogP contribution in [0.4, 0.5) is 11.5 Å². The normalized spacial score (nSPS) is 13.9. The van der Waals surface area contributed by atoms with E-state index in [0.717, 1.165) is 34.9 Å². The van der Waals surface area contributed by atoms with Gasteiger partial charge in [-0.2, -0.15) is 0 Å². The summed E-state index contributed by atoms with van der Waals surface area (Å²) in [4.78, 5) is 17.0. The maximum Gasteiger partial charge on any atom is 0.153 e. The first-order chi connectivity index (χ1) is 8.74. The molecule has 0 aliphatic carbocycles. The van der Waals surface area contributed by atoms with E-state index in [-0.39, 0.29) is 0 Å². The van der Waals surface area contributed by atoms with Gasteiger partial charge in [0.2, 0.25) is 0 Å². The summed E-state index contributed by atoms with van der Waals surface area (Å²) in [5, 5.41) is 0. The lowest BCUT2D eigenvalue weighted by Crippen LogP contribution is -2.28. The molecule has 0 fully saturated rings. The highest BCUT2D eigenvalue weighted by Crippen LogP contribution is 2.35. The van der Waals surface area contributed by atoms with Crippen LogP contribution < -0.4 is 9.80 Å². The molecule has 0 saturated heterocycles. The highest BCUT2D eigenvalue weighted by molar-refractivity contribution is 9.10. The maximum absolute atomic E-state index is 4.44. The molecule has 0 saturated carbocycles. The van der Waals surface area contributed by atoms with Crippen LogP contribution in [-0.4, -0.2) is 28.7 Å². The molecule has 18 heavy (non-hydrogen) atoms. The molecule has 0 aromatic carbocycles. The number of pyridine rings is 1. The van der Waals surface area contributed by atoms with Crippen molar-refractivity contribution in [1.29, 1.82) is 0 Å². The highest BCUT2D eigenvalue weighted by Gasteiger charge is 2.24. The van der Waals surface area contributed by atoms with E-state index in [2.05, 4.69) is 46.7 Å². The second-order valence-corrected chi connectivity index (χ2v) is 5.15. The molecule has 3 rings (SSSR count). The Labute approximate surface area is 114 Å². The van der Waals surface area contributed by atoms with E-state index >= 15 is 0 Å². The van der Waals surface area contributed by atoms with Crippen LogP contribution in [0.1, 0.15) is 5.69 Å². The average molecular weight is 306 g/mol. The van der Waals surface area contributed by atoms with Gasteiger partial charge in [-0.1, -0.05) is 0 Å². The van der Waals surface area contributed by atoms with Crippen LogP contribution in [-0.2, 0) is 6.54 Å². The van der Waals surface area contributed by atoms with E-state index in [4.69, 9.17) is 0 Å². The van der Waals surface area contributed by atoms with Gasteiger partial charge in [0, 0.05) is 23.9 Å². The number of halogens is 1. The predicted molar refractivity (Wildman–Crippen MR) is 73.4 cm³/mol. The fourth-order valence-corrected chi connectivity index (χ4v) is 2.41. The summed E-state index contributed by atoms with van der Waals surface area (Å²) in [6.07, 6.45) is 5.17. The van der Waals surface area contributed by atoms with Crippen LogP contribution in [0.25, 0.3) is 0 Å². The van der Waals surface area contributed by atoms with Crippen LogP contribution in [0.5, 0.6) is 0 Å². The summed E-state index contributed by atoms with van der Waals surface area (Å²) in [5.74, 6) is 1.01. The van der Waals surface area contributed by atoms with Crippen molar-refractivity contribution in [2.24, 2.45) is 0 Å².